The molecule has 0 aliphatic heterocycles. The van der Waals surface area contributed by atoms with Gasteiger partial charge in [-0.2, -0.15) is 4.80 Å². The van der Waals surface area contributed by atoms with Gasteiger partial charge in [0.05, 0.1) is 12.7 Å². The van der Waals surface area contributed by atoms with Crippen LogP contribution in [0.15, 0.2) is 48.7 Å². The third kappa shape index (κ3) is 3.78. The first kappa shape index (κ1) is 19.1. The number of hydrogen-bond acceptors (Lipinski definition) is 4. The maximum Gasteiger partial charge on any atom is 0.178 e. The third-order valence-electron chi connectivity index (χ3n) is 6.77. The number of halogens is 1. The molecule has 2 saturated carbocycles. The second-order valence-electron chi connectivity index (χ2n) is 8.61. The number of nitrogens with zero attached hydrogens (tertiary/aromatic N) is 5. The normalized spacial score (nSPS) is 26.2. The van der Waals surface area contributed by atoms with Crippen LogP contribution >= 0.6 is 0 Å². The van der Waals surface area contributed by atoms with E-state index in [0.29, 0.717) is 17.8 Å². The van der Waals surface area contributed by atoms with E-state index >= 15 is 0 Å². The van der Waals surface area contributed by atoms with E-state index in [1.165, 1.54) is 37.8 Å². The molecule has 2 fully saturated rings. The highest BCUT2D eigenvalue weighted by molar-refractivity contribution is 5.63. The first-order valence-electron chi connectivity index (χ1n) is 10.8. The Kier molecular flexibility index (Phi) is 5.15. The largest absolute Gasteiger partial charge is 0.256 e. The molecule has 0 amide bonds. The summed E-state index contributed by atoms with van der Waals surface area (Å²) in [6.45, 7) is 0. The fourth-order valence-electron chi connectivity index (χ4n) is 5.37. The second kappa shape index (κ2) is 8.09. The van der Waals surface area contributed by atoms with Gasteiger partial charge >= 0.3 is 0 Å². The Balaban J connectivity index is 1.38. The van der Waals surface area contributed by atoms with Crippen molar-refractivity contribution in [2.45, 2.75) is 38.0 Å². The van der Waals surface area contributed by atoms with Crippen LogP contribution < -0.4 is 0 Å². The van der Waals surface area contributed by atoms with Gasteiger partial charge in [-0.05, 0) is 65.6 Å². The molecule has 0 radical (unpaired) electrons. The smallest absolute Gasteiger partial charge is 0.178 e. The maximum absolute atomic E-state index is 13.5. The van der Waals surface area contributed by atoms with Crippen molar-refractivity contribution in [2.75, 3.05) is 0 Å². The predicted octanol–water partition coefficient (Wildman–Crippen LogP) is 5.03. The molecule has 2 heterocycles. The molecule has 154 valence electrons. The summed E-state index contributed by atoms with van der Waals surface area (Å²) in [5.74, 6) is 2.83. The summed E-state index contributed by atoms with van der Waals surface area (Å²) >= 11 is 0. The van der Waals surface area contributed by atoms with Crippen LogP contribution in [-0.2, 0) is 7.05 Å². The molecule has 6 heteroatoms. The zero-order valence-corrected chi connectivity index (χ0v) is 17.2. The fraction of sp³-hybridized carbons (Fsp3) is 0.417. The maximum atomic E-state index is 13.5. The van der Waals surface area contributed by atoms with Gasteiger partial charge in [-0.15, -0.1) is 10.2 Å². The van der Waals surface area contributed by atoms with E-state index in [2.05, 4.69) is 32.5 Å². The number of aromatic nitrogens is 5. The summed E-state index contributed by atoms with van der Waals surface area (Å²) in [6.07, 6.45) is 12.6. The van der Waals surface area contributed by atoms with Crippen molar-refractivity contribution in [1.82, 2.24) is 25.2 Å². The molecule has 0 N–H and O–H groups in total. The van der Waals surface area contributed by atoms with Gasteiger partial charge in [-0.25, -0.2) is 4.39 Å². The van der Waals surface area contributed by atoms with Gasteiger partial charge < -0.3 is 0 Å². The molecule has 2 aromatic heterocycles. The van der Waals surface area contributed by atoms with Crippen LogP contribution in [0.5, 0.6) is 0 Å². The van der Waals surface area contributed by atoms with Gasteiger partial charge in [-0.3, -0.25) is 4.98 Å². The van der Waals surface area contributed by atoms with Gasteiger partial charge in [-0.1, -0.05) is 43.5 Å². The highest BCUT2D eigenvalue weighted by Crippen LogP contribution is 2.52. The van der Waals surface area contributed by atoms with Gasteiger partial charge in [0.15, 0.2) is 5.82 Å². The Morgan fingerprint density at radius 2 is 2.00 bits per heavy atom. The SMILES string of the molecule is Cn1nnc([C@H]2C[C@H]3CCCC[C@@H]3[C@@H]2C=Cc2ccc(-c3cccc(F)c3)cn2)n1. The monoisotopic (exact) mass is 403 g/mol. The van der Waals surface area contributed by atoms with Gasteiger partial charge in [0, 0.05) is 17.7 Å². The van der Waals surface area contributed by atoms with E-state index in [9.17, 15) is 4.39 Å². The molecular formula is C24H26FN5. The highest BCUT2D eigenvalue weighted by Gasteiger charge is 2.44. The van der Waals surface area contributed by atoms with Crippen molar-refractivity contribution in [3.8, 4) is 11.1 Å². The van der Waals surface area contributed by atoms with Crippen LogP contribution in [0.2, 0.25) is 0 Å². The van der Waals surface area contributed by atoms with Crippen LogP contribution in [0.25, 0.3) is 17.2 Å². The Labute approximate surface area is 176 Å². The quantitative estimate of drug-likeness (QED) is 0.613. The molecule has 3 aromatic rings. The Bertz CT molecular complexity index is 1040. The predicted molar refractivity (Wildman–Crippen MR) is 114 cm³/mol. The van der Waals surface area contributed by atoms with Crippen molar-refractivity contribution in [3.63, 3.8) is 0 Å². The van der Waals surface area contributed by atoms with Crippen LogP contribution in [0.3, 0.4) is 0 Å². The summed E-state index contributed by atoms with van der Waals surface area (Å²) in [7, 11) is 1.83. The first-order valence-corrected chi connectivity index (χ1v) is 10.8. The number of fused-ring (bicyclic) bond motifs is 1. The average Bonchev–Trinajstić information content (AvgIpc) is 3.36. The lowest BCUT2D eigenvalue weighted by atomic mass is 9.77. The van der Waals surface area contributed by atoms with E-state index in [-0.39, 0.29) is 5.82 Å². The molecule has 2 aliphatic rings. The molecule has 5 rings (SSSR count). The minimum Gasteiger partial charge on any atom is -0.256 e. The summed E-state index contributed by atoms with van der Waals surface area (Å²) in [4.78, 5) is 6.15. The molecule has 4 atom stereocenters. The number of rotatable bonds is 4. The number of benzene rings is 1. The highest BCUT2D eigenvalue weighted by atomic mass is 19.1. The molecule has 0 bridgehead atoms. The first-order chi connectivity index (χ1) is 14.7. The molecule has 2 aliphatic carbocycles. The van der Waals surface area contributed by atoms with Crippen LogP contribution in [0.1, 0.15) is 49.5 Å². The summed E-state index contributed by atoms with van der Waals surface area (Å²) in [5.41, 5.74) is 2.68. The molecule has 30 heavy (non-hydrogen) atoms. The van der Waals surface area contributed by atoms with Crippen LogP contribution in [-0.4, -0.2) is 25.2 Å². The molecule has 5 nitrogen and oxygen atoms in total. The van der Waals surface area contributed by atoms with Gasteiger partial charge in [0.2, 0.25) is 0 Å². The average molecular weight is 404 g/mol. The molecular weight excluding hydrogens is 377 g/mol. The lowest BCUT2D eigenvalue weighted by Crippen LogP contribution is -2.19. The number of hydrogen-bond donors (Lipinski definition) is 0. The van der Waals surface area contributed by atoms with E-state index in [4.69, 9.17) is 0 Å². The summed E-state index contributed by atoms with van der Waals surface area (Å²) < 4.78 is 13.5. The molecule has 0 unspecified atom stereocenters. The second-order valence-corrected chi connectivity index (χ2v) is 8.61. The lowest BCUT2D eigenvalue weighted by molar-refractivity contribution is 0.249. The number of aryl methyl sites for hydroxylation is 1. The Hall–Kier alpha value is -2.89. The van der Waals surface area contributed by atoms with Crippen LogP contribution in [0.4, 0.5) is 4.39 Å². The van der Waals surface area contributed by atoms with E-state index in [1.807, 2.05) is 31.4 Å². The minimum atomic E-state index is -0.233. The molecule has 0 spiro atoms. The molecule has 0 saturated heterocycles. The number of pyridine rings is 1. The van der Waals surface area contributed by atoms with Crippen molar-refractivity contribution >= 4 is 6.08 Å². The Morgan fingerprint density at radius 1 is 1.10 bits per heavy atom. The van der Waals surface area contributed by atoms with E-state index in [1.54, 1.807) is 10.9 Å². The summed E-state index contributed by atoms with van der Waals surface area (Å²) in [6, 6.07) is 10.6. The lowest BCUT2D eigenvalue weighted by Gasteiger charge is -2.28. The van der Waals surface area contributed by atoms with Gasteiger partial charge in [0.1, 0.15) is 5.82 Å². The third-order valence-corrected chi connectivity index (χ3v) is 6.77. The van der Waals surface area contributed by atoms with Gasteiger partial charge in [0.25, 0.3) is 0 Å². The zero-order valence-electron chi connectivity index (χ0n) is 17.2. The molecule has 1 aromatic carbocycles. The topological polar surface area (TPSA) is 56.5 Å². The van der Waals surface area contributed by atoms with Crippen molar-refractivity contribution in [3.05, 3.63) is 66.0 Å². The minimum absolute atomic E-state index is 0.233. The number of allylic oxidation sites excluding steroid dienone is 1. The van der Waals surface area contributed by atoms with E-state index in [0.717, 1.165) is 35.0 Å². The van der Waals surface area contributed by atoms with Crippen molar-refractivity contribution < 1.29 is 4.39 Å². The van der Waals surface area contributed by atoms with Crippen molar-refractivity contribution in [2.24, 2.45) is 24.8 Å². The Morgan fingerprint density at radius 3 is 2.77 bits per heavy atom. The number of tetrazole rings is 1. The summed E-state index contributed by atoms with van der Waals surface area (Å²) in [5, 5.41) is 12.9. The van der Waals surface area contributed by atoms with Crippen LogP contribution in [0, 0.1) is 23.6 Å². The van der Waals surface area contributed by atoms with Crippen molar-refractivity contribution in [1.29, 1.82) is 0 Å². The standard InChI is InChI=1S/C24H26FN5/c1-30-28-24(27-29-30)23-14-17-5-2-3-8-21(17)22(23)12-11-20-10-9-18(15-26-20)16-6-4-7-19(25)13-16/h4,6-7,9-13,15,17,21-23H,2-3,5,8,14H2,1H3/t17-,21+,22+,23+/m1/s1. The zero-order chi connectivity index (χ0) is 20.5. The fourth-order valence-corrected chi connectivity index (χ4v) is 5.37. The van der Waals surface area contributed by atoms with E-state index < -0.39 is 0 Å².